The normalized spacial score (nSPS) is 10.7. The van der Waals surface area contributed by atoms with Gasteiger partial charge < -0.3 is 14.7 Å². The molecule has 0 fully saturated rings. The average molecular weight is 262 g/mol. The Bertz CT molecular complexity index is 539. The molecule has 1 N–H and O–H groups in total. The van der Waals surface area contributed by atoms with E-state index in [4.69, 9.17) is 4.52 Å². The van der Waals surface area contributed by atoms with Crippen molar-refractivity contribution in [1.82, 2.24) is 30.3 Å². The quantitative estimate of drug-likeness (QED) is 0.798. The first kappa shape index (κ1) is 13.1. The van der Waals surface area contributed by atoms with E-state index in [0.29, 0.717) is 12.2 Å². The molecule has 0 atom stereocenters. The fourth-order valence-electron chi connectivity index (χ4n) is 1.30. The summed E-state index contributed by atoms with van der Waals surface area (Å²) in [6.07, 6.45) is 4.56. The molecule has 2 heterocycles. The van der Waals surface area contributed by atoms with Crippen LogP contribution in [0.3, 0.4) is 0 Å². The molecular formula is C11H14N6O2. The van der Waals surface area contributed by atoms with Crippen LogP contribution in [-0.4, -0.2) is 58.1 Å². The molecule has 0 unspecified atom stereocenters. The van der Waals surface area contributed by atoms with E-state index < -0.39 is 5.91 Å². The van der Waals surface area contributed by atoms with Crippen LogP contribution in [0.15, 0.2) is 23.1 Å². The van der Waals surface area contributed by atoms with Crippen molar-refractivity contribution in [3.63, 3.8) is 0 Å². The zero-order valence-corrected chi connectivity index (χ0v) is 10.7. The lowest BCUT2D eigenvalue weighted by Crippen LogP contribution is -2.31. The summed E-state index contributed by atoms with van der Waals surface area (Å²) in [5.41, 5.74) is 0.457. The van der Waals surface area contributed by atoms with E-state index >= 15 is 0 Å². The van der Waals surface area contributed by atoms with Crippen molar-refractivity contribution in [2.24, 2.45) is 0 Å². The van der Waals surface area contributed by atoms with Crippen molar-refractivity contribution >= 4 is 5.91 Å². The van der Waals surface area contributed by atoms with E-state index in [9.17, 15) is 4.79 Å². The molecule has 1 amide bonds. The molecule has 0 bridgehead atoms. The molecule has 8 heteroatoms. The molecule has 0 aliphatic rings. The highest BCUT2D eigenvalue weighted by Crippen LogP contribution is 2.10. The van der Waals surface area contributed by atoms with Gasteiger partial charge in [-0.3, -0.25) is 9.78 Å². The third-order valence-corrected chi connectivity index (χ3v) is 2.26. The Hall–Kier alpha value is -2.35. The van der Waals surface area contributed by atoms with Crippen molar-refractivity contribution in [2.75, 3.05) is 27.2 Å². The summed E-state index contributed by atoms with van der Waals surface area (Å²) >= 11 is 0. The predicted octanol–water partition coefficient (Wildman–Crippen LogP) is -0.182. The van der Waals surface area contributed by atoms with E-state index in [2.05, 4.69) is 25.4 Å². The van der Waals surface area contributed by atoms with E-state index in [1.165, 1.54) is 12.4 Å². The average Bonchev–Trinajstić information content (AvgIpc) is 2.89. The molecule has 0 saturated heterocycles. The number of hydrogen-bond donors (Lipinski definition) is 1. The Balaban J connectivity index is 1.99. The number of hydrogen-bond acceptors (Lipinski definition) is 7. The number of nitrogens with zero attached hydrogens (tertiary/aromatic N) is 5. The third-order valence-electron chi connectivity index (χ3n) is 2.26. The highest BCUT2D eigenvalue weighted by Gasteiger charge is 2.16. The molecule has 0 aliphatic heterocycles. The molecule has 2 aromatic heterocycles. The maximum Gasteiger partial charge on any atom is 0.316 e. The molecule has 0 aliphatic carbocycles. The van der Waals surface area contributed by atoms with Gasteiger partial charge in [0.05, 0.1) is 6.20 Å². The van der Waals surface area contributed by atoms with Gasteiger partial charge in [0.2, 0.25) is 5.82 Å². The second-order valence-corrected chi connectivity index (χ2v) is 4.07. The van der Waals surface area contributed by atoms with Crippen molar-refractivity contribution in [3.05, 3.63) is 24.5 Å². The highest BCUT2D eigenvalue weighted by atomic mass is 16.5. The summed E-state index contributed by atoms with van der Waals surface area (Å²) in [6.45, 7) is 1.24. The lowest BCUT2D eigenvalue weighted by Gasteiger charge is -2.08. The molecular weight excluding hydrogens is 248 g/mol. The zero-order valence-electron chi connectivity index (χ0n) is 10.7. The molecule has 0 saturated carbocycles. The Labute approximate surface area is 109 Å². The summed E-state index contributed by atoms with van der Waals surface area (Å²) in [6, 6.07) is 0. The number of amides is 1. The molecule has 19 heavy (non-hydrogen) atoms. The van der Waals surface area contributed by atoms with Gasteiger partial charge in [-0.15, -0.1) is 0 Å². The predicted molar refractivity (Wildman–Crippen MR) is 66.2 cm³/mol. The monoisotopic (exact) mass is 262 g/mol. The molecule has 0 spiro atoms. The van der Waals surface area contributed by atoms with Crippen LogP contribution < -0.4 is 5.32 Å². The minimum Gasteiger partial charge on any atom is -0.347 e. The van der Waals surface area contributed by atoms with Gasteiger partial charge in [-0.2, -0.15) is 4.98 Å². The number of likely N-dealkylation sites (N-methyl/N-ethyl adjacent to an activating group) is 1. The summed E-state index contributed by atoms with van der Waals surface area (Å²) < 4.78 is 4.88. The molecule has 0 radical (unpaired) electrons. The Morgan fingerprint density at radius 3 is 2.95 bits per heavy atom. The fourth-order valence-corrected chi connectivity index (χ4v) is 1.30. The summed E-state index contributed by atoms with van der Waals surface area (Å²) in [5, 5.41) is 6.37. The van der Waals surface area contributed by atoms with Crippen LogP contribution in [-0.2, 0) is 0 Å². The van der Waals surface area contributed by atoms with E-state index in [-0.39, 0.29) is 11.7 Å². The van der Waals surface area contributed by atoms with Crippen LogP contribution in [0.4, 0.5) is 0 Å². The molecule has 8 nitrogen and oxygen atoms in total. The molecule has 100 valence electrons. The third kappa shape index (κ3) is 3.55. The van der Waals surface area contributed by atoms with Gasteiger partial charge >= 0.3 is 11.8 Å². The number of aromatic nitrogens is 4. The van der Waals surface area contributed by atoms with Crippen molar-refractivity contribution in [1.29, 1.82) is 0 Å². The topological polar surface area (TPSA) is 97.0 Å². The minimum atomic E-state index is -0.399. The standard InChI is InChI=1S/C11H14N6O2/c1-17(2)6-5-14-10(18)11-15-9(16-19-11)8-7-12-3-4-13-8/h3-4,7H,5-6H2,1-2H3,(H,14,18). The van der Waals surface area contributed by atoms with Gasteiger partial charge in [-0.25, -0.2) is 4.98 Å². The molecule has 0 aromatic carbocycles. The Kier molecular flexibility index (Phi) is 4.14. The van der Waals surface area contributed by atoms with Crippen LogP contribution in [0.2, 0.25) is 0 Å². The fraction of sp³-hybridized carbons (Fsp3) is 0.364. The highest BCUT2D eigenvalue weighted by molar-refractivity contribution is 5.89. The van der Waals surface area contributed by atoms with Gasteiger partial charge in [0.25, 0.3) is 0 Å². The molecule has 2 aromatic rings. The first-order valence-corrected chi connectivity index (χ1v) is 5.70. The molecule has 2 rings (SSSR count). The maximum atomic E-state index is 11.7. The second-order valence-electron chi connectivity index (χ2n) is 4.07. The number of carbonyl (C=O) groups excluding carboxylic acids is 1. The van der Waals surface area contributed by atoms with Crippen molar-refractivity contribution in [3.8, 4) is 11.5 Å². The van der Waals surface area contributed by atoms with Gasteiger partial charge in [-0.05, 0) is 14.1 Å². The van der Waals surface area contributed by atoms with Crippen LogP contribution >= 0.6 is 0 Å². The maximum absolute atomic E-state index is 11.7. The van der Waals surface area contributed by atoms with Gasteiger partial charge in [0.15, 0.2) is 0 Å². The number of rotatable bonds is 5. The second kappa shape index (κ2) is 6.01. The number of carbonyl (C=O) groups is 1. The lowest BCUT2D eigenvalue weighted by molar-refractivity contribution is 0.0907. The minimum absolute atomic E-state index is 0.0839. The first-order chi connectivity index (χ1) is 9.16. The van der Waals surface area contributed by atoms with Crippen LogP contribution in [0.1, 0.15) is 10.7 Å². The van der Waals surface area contributed by atoms with E-state index in [0.717, 1.165) is 6.54 Å². The number of nitrogens with one attached hydrogen (secondary N) is 1. The van der Waals surface area contributed by atoms with Crippen molar-refractivity contribution < 1.29 is 9.32 Å². The van der Waals surface area contributed by atoms with Gasteiger partial charge in [-0.1, -0.05) is 5.16 Å². The summed E-state index contributed by atoms with van der Waals surface area (Å²) in [4.78, 5) is 25.6. The SMILES string of the molecule is CN(C)CCNC(=O)c1nc(-c2cnccn2)no1. The van der Waals surface area contributed by atoms with Gasteiger partial charge in [0.1, 0.15) is 5.69 Å². The largest absolute Gasteiger partial charge is 0.347 e. The van der Waals surface area contributed by atoms with E-state index in [1.54, 1.807) is 6.20 Å². The van der Waals surface area contributed by atoms with Gasteiger partial charge in [0, 0.05) is 25.5 Å². The summed E-state index contributed by atoms with van der Waals surface area (Å²) in [7, 11) is 3.84. The van der Waals surface area contributed by atoms with Crippen LogP contribution in [0.5, 0.6) is 0 Å². The van der Waals surface area contributed by atoms with Crippen molar-refractivity contribution in [2.45, 2.75) is 0 Å². The van der Waals surface area contributed by atoms with Crippen LogP contribution in [0, 0.1) is 0 Å². The van der Waals surface area contributed by atoms with E-state index in [1.807, 2.05) is 19.0 Å². The Morgan fingerprint density at radius 1 is 1.42 bits per heavy atom. The summed E-state index contributed by atoms with van der Waals surface area (Å²) in [5.74, 6) is -0.241. The zero-order chi connectivity index (χ0) is 13.7. The Morgan fingerprint density at radius 2 is 2.26 bits per heavy atom. The smallest absolute Gasteiger partial charge is 0.316 e. The van der Waals surface area contributed by atoms with Crippen LogP contribution in [0.25, 0.3) is 11.5 Å². The lowest BCUT2D eigenvalue weighted by atomic mass is 10.4. The first-order valence-electron chi connectivity index (χ1n) is 5.70.